The van der Waals surface area contributed by atoms with Crippen LogP contribution >= 0.6 is 0 Å². The smallest absolute Gasteiger partial charge is 0.297 e. The van der Waals surface area contributed by atoms with Crippen LogP contribution in [0.15, 0.2) is 12.6 Å². The van der Waals surface area contributed by atoms with Crippen LogP contribution < -0.4 is 0 Å². The van der Waals surface area contributed by atoms with Gasteiger partial charge in [0.1, 0.15) is 12.6 Å². The Morgan fingerprint density at radius 3 is 2.50 bits per heavy atom. The summed E-state index contributed by atoms with van der Waals surface area (Å²) in [5, 5.41) is 0. The van der Waals surface area contributed by atoms with E-state index in [2.05, 4.69) is 4.74 Å². The molecule has 0 spiro atoms. The highest BCUT2D eigenvalue weighted by molar-refractivity contribution is 5.37. The van der Waals surface area contributed by atoms with Gasteiger partial charge in [0.05, 0.1) is 0 Å². The summed E-state index contributed by atoms with van der Waals surface area (Å²) in [6.07, 6.45) is 0.779. The minimum absolute atomic E-state index is 0.133. The lowest BCUT2D eigenvalue weighted by Gasteiger charge is -1.73. The van der Waals surface area contributed by atoms with Gasteiger partial charge in [-0.1, -0.05) is 0 Å². The predicted octanol–water partition coefficient (Wildman–Crippen LogP) is 0.600. The number of hydrogen-bond acceptors (Lipinski definition) is 2. The van der Waals surface area contributed by atoms with Crippen LogP contribution in [0.25, 0.3) is 0 Å². The van der Waals surface area contributed by atoms with Gasteiger partial charge in [-0.2, -0.15) is 0 Å². The van der Waals surface area contributed by atoms with Gasteiger partial charge in [-0.25, -0.2) is 4.39 Å². The summed E-state index contributed by atoms with van der Waals surface area (Å²) in [6.45, 7) is 0.135. The van der Waals surface area contributed by atoms with Crippen LogP contribution in [-0.2, 0) is 9.53 Å². The third kappa shape index (κ3) is 3.14. The van der Waals surface area contributed by atoms with Gasteiger partial charge in [0.25, 0.3) is 6.47 Å². The molecule has 0 saturated heterocycles. The van der Waals surface area contributed by atoms with E-state index in [9.17, 15) is 4.39 Å². The van der Waals surface area contributed by atoms with Gasteiger partial charge in [-0.3, -0.25) is 4.79 Å². The Labute approximate surface area is 34.2 Å². The van der Waals surface area contributed by atoms with Gasteiger partial charge < -0.3 is 4.74 Å². The van der Waals surface area contributed by atoms with E-state index in [1.54, 1.807) is 0 Å². The summed E-state index contributed by atoms with van der Waals surface area (Å²) in [4.78, 5) is 9.12. The molecule has 0 aromatic carbocycles. The summed E-state index contributed by atoms with van der Waals surface area (Å²) in [6, 6.07) is 0. The largest absolute Gasteiger partial charge is 0.434 e. The minimum Gasteiger partial charge on any atom is -0.434 e. The zero-order valence-electron chi connectivity index (χ0n) is 2.93. The number of carbonyl (C=O) groups is 1. The van der Waals surface area contributed by atoms with Crippen molar-refractivity contribution in [2.24, 2.45) is 0 Å². The standard InChI is InChI=1S/C3H3FO2/c4-1-2-6-3-5/h1-3H. The first-order valence-electron chi connectivity index (χ1n) is 1.26. The predicted molar refractivity (Wildman–Crippen MR) is 17.4 cm³/mol. The van der Waals surface area contributed by atoms with Crippen LogP contribution in [0.3, 0.4) is 0 Å². The molecule has 0 aromatic rings. The second-order valence-electron chi connectivity index (χ2n) is 0.494. The number of ether oxygens (including phenoxy) is 1. The third-order valence-electron chi connectivity index (χ3n) is 0.186. The molecule has 0 bridgehead atoms. The van der Waals surface area contributed by atoms with Crippen LogP contribution in [0.5, 0.6) is 0 Å². The van der Waals surface area contributed by atoms with E-state index in [0.717, 1.165) is 0 Å². The Kier molecular flexibility index (Phi) is 3.55. The van der Waals surface area contributed by atoms with E-state index in [0.29, 0.717) is 6.26 Å². The van der Waals surface area contributed by atoms with Crippen molar-refractivity contribution in [3.8, 4) is 0 Å². The first-order chi connectivity index (χ1) is 2.91. The maximum absolute atomic E-state index is 10.7. The minimum atomic E-state index is 0.133. The maximum Gasteiger partial charge on any atom is 0.297 e. The summed E-state index contributed by atoms with van der Waals surface area (Å²) in [5.41, 5.74) is 0. The van der Waals surface area contributed by atoms with E-state index in [-0.39, 0.29) is 12.8 Å². The molecule has 0 aliphatic heterocycles. The second-order valence-corrected chi connectivity index (χ2v) is 0.494. The molecule has 3 heteroatoms. The summed E-state index contributed by atoms with van der Waals surface area (Å²) in [7, 11) is 0. The molecule has 0 radical (unpaired) electrons. The first-order valence-corrected chi connectivity index (χ1v) is 1.26. The number of halogens is 1. The zero-order chi connectivity index (χ0) is 4.83. The molecular weight excluding hydrogens is 87.0 g/mol. The maximum atomic E-state index is 10.7. The summed E-state index contributed by atoms with van der Waals surface area (Å²) in [5.74, 6) is 0. The lowest BCUT2D eigenvalue weighted by atomic mass is 11.1. The second kappa shape index (κ2) is 4.14. The van der Waals surface area contributed by atoms with Crippen molar-refractivity contribution in [3.05, 3.63) is 12.6 Å². The van der Waals surface area contributed by atoms with Crippen molar-refractivity contribution in [1.29, 1.82) is 0 Å². The van der Waals surface area contributed by atoms with E-state index in [1.807, 2.05) is 0 Å². The number of hydrogen-bond donors (Lipinski definition) is 0. The number of rotatable bonds is 2. The first kappa shape index (κ1) is 5.14. The van der Waals surface area contributed by atoms with Gasteiger partial charge in [0.2, 0.25) is 0 Å². The van der Waals surface area contributed by atoms with Crippen LogP contribution in [0.1, 0.15) is 0 Å². The SMILES string of the molecule is O=COC=CF. The molecule has 0 saturated carbocycles. The third-order valence-corrected chi connectivity index (χ3v) is 0.186. The molecule has 0 unspecified atom stereocenters. The number of carbonyl (C=O) groups excluding carboxylic acids is 1. The molecule has 0 amide bonds. The quantitative estimate of drug-likeness (QED) is 0.366. The Morgan fingerprint density at radius 2 is 2.33 bits per heavy atom. The average molecular weight is 90.1 g/mol. The molecule has 0 atom stereocenters. The van der Waals surface area contributed by atoms with Crippen LogP contribution in [0, 0.1) is 0 Å². The van der Waals surface area contributed by atoms with Crippen molar-refractivity contribution in [2.75, 3.05) is 0 Å². The van der Waals surface area contributed by atoms with Crippen molar-refractivity contribution in [1.82, 2.24) is 0 Å². The van der Waals surface area contributed by atoms with Gasteiger partial charge in [0, 0.05) is 0 Å². The monoisotopic (exact) mass is 90.0 g/mol. The van der Waals surface area contributed by atoms with Crippen molar-refractivity contribution in [2.45, 2.75) is 0 Å². The molecule has 6 heavy (non-hydrogen) atoms. The summed E-state index contributed by atoms with van der Waals surface area (Å²) >= 11 is 0. The van der Waals surface area contributed by atoms with E-state index >= 15 is 0 Å². The fraction of sp³-hybridized carbons (Fsp3) is 0. The van der Waals surface area contributed by atoms with Crippen molar-refractivity contribution in [3.63, 3.8) is 0 Å². The lowest BCUT2D eigenvalue weighted by Crippen LogP contribution is -1.68. The fourth-order valence-electron chi connectivity index (χ4n) is 0.0618. The van der Waals surface area contributed by atoms with Crippen molar-refractivity contribution < 1.29 is 13.9 Å². The lowest BCUT2D eigenvalue weighted by molar-refractivity contribution is -0.123. The molecule has 0 aromatic heterocycles. The molecule has 2 nitrogen and oxygen atoms in total. The van der Waals surface area contributed by atoms with E-state index < -0.39 is 0 Å². The van der Waals surface area contributed by atoms with Crippen molar-refractivity contribution >= 4 is 6.47 Å². The van der Waals surface area contributed by atoms with E-state index in [4.69, 9.17) is 4.79 Å². The van der Waals surface area contributed by atoms with Gasteiger partial charge in [-0.05, 0) is 0 Å². The molecule has 0 aliphatic carbocycles. The highest BCUT2D eigenvalue weighted by atomic mass is 19.1. The molecule has 0 N–H and O–H groups in total. The molecule has 34 valence electrons. The Balaban J connectivity index is 2.85. The molecule has 0 fully saturated rings. The topological polar surface area (TPSA) is 26.3 Å². The Morgan fingerprint density at radius 1 is 1.67 bits per heavy atom. The Bertz CT molecular complexity index is 59.8. The molecule has 0 heterocycles. The van der Waals surface area contributed by atoms with Gasteiger partial charge in [-0.15, -0.1) is 0 Å². The van der Waals surface area contributed by atoms with E-state index in [1.165, 1.54) is 0 Å². The Hall–Kier alpha value is -0.860. The van der Waals surface area contributed by atoms with Gasteiger partial charge in [0.15, 0.2) is 0 Å². The average Bonchev–Trinajstić information content (AvgIpc) is 1.61. The zero-order valence-corrected chi connectivity index (χ0v) is 2.93. The highest BCUT2D eigenvalue weighted by Gasteiger charge is 1.60. The van der Waals surface area contributed by atoms with Crippen LogP contribution in [-0.4, -0.2) is 6.47 Å². The fourth-order valence-corrected chi connectivity index (χ4v) is 0.0618. The molecule has 0 rings (SSSR count). The molecular formula is C3H3FO2. The van der Waals surface area contributed by atoms with Gasteiger partial charge >= 0.3 is 0 Å². The van der Waals surface area contributed by atoms with Crippen LogP contribution in [0.4, 0.5) is 4.39 Å². The summed E-state index contributed by atoms with van der Waals surface area (Å²) < 4.78 is 14.5. The highest BCUT2D eigenvalue weighted by Crippen LogP contribution is 1.69. The molecule has 0 aliphatic rings. The normalized spacial score (nSPS) is 8.83. The van der Waals surface area contributed by atoms with Crippen LogP contribution in [0.2, 0.25) is 0 Å².